The van der Waals surface area contributed by atoms with Crippen LogP contribution in [0.4, 0.5) is 0 Å². The number of aliphatic hydroxyl groups excluding tert-OH is 2. The van der Waals surface area contributed by atoms with Gasteiger partial charge in [0.2, 0.25) is 0 Å². The predicted octanol–water partition coefficient (Wildman–Crippen LogP) is 3.72. The van der Waals surface area contributed by atoms with E-state index in [9.17, 15) is 14.3 Å². The smallest absolute Gasteiger partial charge is 0.463 e. The van der Waals surface area contributed by atoms with E-state index in [4.69, 9.17) is 14.9 Å². The Labute approximate surface area is 169 Å². The second-order valence-electron chi connectivity index (χ2n) is 6.94. The van der Waals surface area contributed by atoms with Gasteiger partial charge in [0.1, 0.15) is 12.7 Å². The normalized spacial score (nSPS) is 14.6. The molecule has 9 heteroatoms. The second kappa shape index (κ2) is 18.5. The Morgan fingerprint density at radius 1 is 0.893 bits per heavy atom. The number of ether oxygens (including phenoxy) is 1. The van der Waals surface area contributed by atoms with E-state index < -0.39 is 27.1 Å². The van der Waals surface area contributed by atoms with E-state index in [0.717, 1.165) is 19.3 Å². The average Bonchev–Trinajstić information content (AvgIpc) is 2.67. The number of phosphoric acid groups is 1. The number of hydrogen-bond donors (Lipinski definition) is 3. The van der Waals surface area contributed by atoms with Crippen molar-refractivity contribution in [1.29, 1.82) is 0 Å². The summed E-state index contributed by atoms with van der Waals surface area (Å²) in [5.41, 5.74) is 0. The maximum atomic E-state index is 11.6. The molecule has 0 fully saturated rings. The lowest BCUT2D eigenvalue weighted by atomic mass is 10.1. The van der Waals surface area contributed by atoms with E-state index >= 15 is 0 Å². The van der Waals surface area contributed by atoms with Gasteiger partial charge in [0, 0.05) is 6.42 Å². The summed E-state index contributed by atoms with van der Waals surface area (Å²) < 4.78 is 25.5. The minimum atomic E-state index is -4.33. The van der Waals surface area contributed by atoms with Crippen LogP contribution < -0.4 is 0 Å². The standard InChI is InChI=1S/C19H39O8P/c1-2-3-4-5-6-7-8-9-10-11-12-13-19(22)25-14-15-26-28(23,24)27-17-18(21)16-20/h18,20-21H,2-17H2,1H3,(H,23,24). The molecule has 3 N–H and O–H groups in total. The topological polar surface area (TPSA) is 123 Å². The van der Waals surface area contributed by atoms with E-state index in [2.05, 4.69) is 16.0 Å². The van der Waals surface area contributed by atoms with Gasteiger partial charge in [-0.15, -0.1) is 0 Å². The Balaban J connectivity index is 3.45. The zero-order valence-electron chi connectivity index (χ0n) is 17.2. The SMILES string of the molecule is CCCCCCCCCCCCCC(=O)OCCOP(=O)(O)OCC(O)CO. The summed E-state index contributed by atoms with van der Waals surface area (Å²) in [6, 6.07) is 0. The fourth-order valence-corrected chi connectivity index (χ4v) is 3.32. The van der Waals surface area contributed by atoms with Crippen molar-refractivity contribution in [2.75, 3.05) is 26.4 Å². The summed E-state index contributed by atoms with van der Waals surface area (Å²) in [5.74, 6) is -0.357. The first kappa shape index (κ1) is 27.5. The van der Waals surface area contributed by atoms with E-state index in [1.165, 1.54) is 51.4 Å². The molecular formula is C19H39O8P. The highest BCUT2D eigenvalue weighted by Gasteiger charge is 2.22. The highest BCUT2D eigenvalue weighted by atomic mass is 31.2. The van der Waals surface area contributed by atoms with Gasteiger partial charge in [-0.25, -0.2) is 4.57 Å². The van der Waals surface area contributed by atoms with Gasteiger partial charge < -0.3 is 19.8 Å². The number of hydrogen-bond acceptors (Lipinski definition) is 7. The monoisotopic (exact) mass is 426 g/mol. The molecule has 0 radical (unpaired) electrons. The molecule has 0 aliphatic rings. The molecule has 0 aromatic carbocycles. The van der Waals surface area contributed by atoms with Crippen molar-refractivity contribution in [2.45, 2.75) is 90.1 Å². The number of esters is 1. The van der Waals surface area contributed by atoms with E-state index in [-0.39, 0.29) is 19.2 Å². The Kier molecular flexibility index (Phi) is 18.2. The number of unbranched alkanes of at least 4 members (excludes halogenated alkanes) is 10. The van der Waals surface area contributed by atoms with Gasteiger partial charge in [-0.05, 0) is 6.42 Å². The number of phosphoric ester groups is 1. The highest BCUT2D eigenvalue weighted by Crippen LogP contribution is 2.42. The molecule has 0 rings (SSSR count). The molecule has 0 aromatic heterocycles. The lowest BCUT2D eigenvalue weighted by Gasteiger charge is -2.14. The van der Waals surface area contributed by atoms with Gasteiger partial charge in [-0.1, -0.05) is 71.1 Å². The summed E-state index contributed by atoms with van der Waals surface area (Å²) in [5, 5.41) is 17.6. The van der Waals surface area contributed by atoms with Crippen LogP contribution in [0.5, 0.6) is 0 Å². The van der Waals surface area contributed by atoms with Gasteiger partial charge in [0.15, 0.2) is 0 Å². The maximum absolute atomic E-state index is 11.6. The maximum Gasteiger partial charge on any atom is 0.472 e. The van der Waals surface area contributed by atoms with E-state index in [1.54, 1.807) is 0 Å². The van der Waals surface area contributed by atoms with Crippen molar-refractivity contribution < 1.29 is 38.3 Å². The number of aliphatic hydroxyl groups is 2. The Hall–Kier alpha value is -0.500. The lowest BCUT2D eigenvalue weighted by Crippen LogP contribution is -2.19. The summed E-state index contributed by atoms with van der Waals surface area (Å²) in [7, 11) is -4.33. The van der Waals surface area contributed by atoms with Crippen molar-refractivity contribution in [1.82, 2.24) is 0 Å². The van der Waals surface area contributed by atoms with Crippen molar-refractivity contribution in [3.8, 4) is 0 Å². The minimum Gasteiger partial charge on any atom is -0.463 e. The van der Waals surface area contributed by atoms with Crippen LogP contribution in [0, 0.1) is 0 Å². The molecule has 168 valence electrons. The highest BCUT2D eigenvalue weighted by molar-refractivity contribution is 7.47. The molecule has 0 heterocycles. The summed E-state index contributed by atoms with van der Waals surface area (Å²) in [6.45, 7) is 0.682. The zero-order chi connectivity index (χ0) is 21.1. The molecule has 0 saturated heterocycles. The Morgan fingerprint density at radius 2 is 1.43 bits per heavy atom. The molecule has 0 aliphatic heterocycles. The van der Waals surface area contributed by atoms with Gasteiger partial charge in [0.25, 0.3) is 0 Å². The molecule has 0 saturated carbocycles. The fourth-order valence-electron chi connectivity index (χ4n) is 2.58. The summed E-state index contributed by atoms with van der Waals surface area (Å²) in [4.78, 5) is 20.9. The van der Waals surface area contributed by atoms with Crippen LogP contribution in [0.3, 0.4) is 0 Å². The van der Waals surface area contributed by atoms with Crippen LogP contribution in [-0.4, -0.2) is 53.6 Å². The van der Waals surface area contributed by atoms with Gasteiger partial charge >= 0.3 is 13.8 Å². The van der Waals surface area contributed by atoms with Crippen LogP contribution in [0.1, 0.15) is 84.0 Å². The molecule has 0 aliphatic carbocycles. The lowest BCUT2D eigenvalue weighted by molar-refractivity contribution is -0.144. The predicted molar refractivity (Wildman–Crippen MR) is 107 cm³/mol. The van der Waals surface area contributed by atoms with Crippen LogP contribution in [0.2, 0.25) is 0 Å². The molecule has 2 unspecified atom stereocenters. The van der Waals surface area contributed by atoms with Crippen molar-refractivity contribution in [3.63, 3.8) is 0 Å². The number of carbonyl (C=O) groups excluding carboxylic acids is 1. The Morgan fingerprint density at radius 3 is 1.96 bits per heavy atom. The molecule has 8 nitrogen and oxygen atoms in total. The molecule has 0 aromatic rings. The average molecular weight is 426 g/mol. The summed E-state index contributed by atoms with van der Waals surface area (Å²) in [6.07, 6.45) is 12.3. The first-order chi connectivity index (χ1) is 13.4. The third-order valence-electron chi connectivity index (χ3n) is 4.23. The first-order valence-electron chi connectivity index (χ1n) is 10.5. The van der Waals surface area contributed by atoms with Crippen LogP contribution in [0.15, 0.2) is 0 Å². The van der Waals surface area contributed by atoms with Crippen LogP contribution >= 0.6 is 7.82 Å². The molecule has 28 heavy (non-hydrogen) atoms. The fraction of sp³-hybridized carbons (Fsp3) is 0.947. The third kappa shape index (κ3) is 18.8. The van der Waals surface area contributed by atoms with Crippen molar-refractivity contribution in [2.24, 2.45) is 0 Å². The van der Waals surface area contributed by atoms with Crippen LogP contribution in [-0.2, 0) is 23.1 Å². The Bertz CT molecular complexity index is 419. The molecule has 0 bridgehead atoms. The van der Waals surface area contributed by atoms with Crippen molar-refractivity contribution >= 4 is 13.8 Å². The zero-order valence-corrected chi connectivity index (χ0v) is 18.1. The quantitative estimate of drug-likeness (QED) is 0.153. The molecule has 0 amide bonds. The number of carbonyl (C=O) groups is 1. The van der Waals surface area contributed by atoms with Gasteiger partial charge in [0.05, 0.1) is 19.8 Å². The van der Waals surface area contributed by atoms with Gasteiger partial charge in [-0.3, -0.25) is 13.8 Å². The second-order valence-corrected chi connectivity index (χ2v) is 8.39. The molecule has 0 spiro atoms. The minimum absolute atomic E-state index is 0.146. The van der Waals surface area contributed by atoms with E-state index in [1.807, 2.05) is 0 Å². The van der Waals surface area contributed by atoms with Gasteiger partial charge in [-0.2, -0.15) is 0 Å². The van der Waals surface area contributed by atoms with Crippen molar-refractivity contribution in [3.05, 3.63) is 0 Å². The number of rotatable bonds is 20. The van der Waals surface area contributed by atoms with Crippen LogP contribution in [0.25, 0.3) is 0 Å². The summed E-state index contributed by atoms with van der Waals surface area (Å²) >= 11 is 0. The van der Waals surface area contributed by atoms with E-state index in [0.29, 0.717) is 6.42 Å². The molecule has 2 atom stereocenters. The first-order valence-corrected chi connectivity index (χ1v) is 12.0. The third-order valence-corrected chi connectivity index (χ3v) is 5.21. The molecular weight excluding hydrogens is 387 g/mol. The largest absolute Gasteiger partial charge is 0.472 e.